The molecule has 0 aromatic rings. The number of rotatable bonds is 4. The van der Waals surface area contributed by atoms with Crippen LogP contribution in [-0.4, -0.2) is 57.7 Å². The van der Waals surface area contributed by atoms with Crippen molar-refractivity contribution in [2.24, 2.45) is 5.73 Å². The predicted molar refractivity (Wildman–Crippen MR) is 53.6 cm³/mol. The number of fused-ring (bicyclic) bond motifs is 2. The Morgan fingerprint density at radius 1 is 1.42 bits per heavy atom. The molecule has 2 aliphatic rings. The van der Waals surface area contributed by atoms with Gasteiger partial charge in [-0.15, -0.1) is 0 Å². The Kier molecular flexibility index (Phi) is 3.04. The smallest absolute Gasteiger partial charge is 0.475 e. The van der Waals surface area contributed by atoms with Crippen LogP contribution in [-0.2, 0) is 14.4 Å². The van der Waals surface area contributed by atoms with Crippen LogP contribution in [0.25, 0.3) is 0 Å². The number of alkyl halides is 2. The van der Waals surface area contributed by atoms with Crippen LogP contribution in [0.15, 0.2) is 0 Å². The molecule has 0 radical (unpaired) electrons. The second-order valence-corrected chi connectivity index (χ2v) is 4.32. The van der Waals surface area contributed by atoms with Crippen molar-refractivity contribution in [3.8, 4) is 0 Å². The number of amides is 3. The Hall–Kier alpha value is -1.97. The fourth-order valence-corrected chi connectivity index (χ4v) is 2.21. The fourth-order valence-electron chi connectivity index (χ4n) is 2.21. The Bertz CT molecular complexity index is 444. The first-order valence-corrected chi connectivity index (χ1v) is 5.43. The van der Waals surface area contributed by atoms with E-state index in [0.29, 0.717) is 5.06 Å². The first-order chi connectivity index (χ1) is 8.74. The summed E-state index contributed by atoms with van der Waals surface area (Å²) in [5.74, 6) is -3.23. The molecule has 2 bridgehead atoms. The molecule has 8 nitrogen and oxygen atoms in total. The van der Waals surface area contributed by atoms with Gasteiger partial charge in [-0.2, -0.15) is 18.7 Å². The number of aliphatic carboxylic acids is 1. The number of hydrogen-bond donors (Lipinski definition) is 2. The van der Waals surface area contributed by atoms with Crippen molar-refractivity contribution in [3.63, 3.8) is 0 Å². The topological polar surface area (TPSA) is 113 Å². The predicted octanol–water partition coefficient (Wildman–Crippen LogP) is -0.651. The van der Waals surface area contributed by atoms with Gasteiger partial charge in [-0.05, 0) is 12.8 Å². The van der Waals surface area contributed by atoms with E-state index in [1.165, 1.54) is 0 Å². The average Bonchev–Trinajstić information content (AvgIpc) is 2.54. The van der Waals surface area contributed by atoms with E-state index in [0.717, 1.165) is 4.90 Å². The second kappa shape index (κ2) is 4.30. The van der Waals surface area contributed by atoms with Gasteiger partial charge in [0.1, 0.15) is 6.04 Å². The summed E-state index contributed by atoms with van der Waals surface area (Å²) in [6.07, 6.45) is -4.05. The lowest BCUT2D eigenvalue weighted by atomic mass is 10.0. The molecule has 106 valence electrons. The van der Waals surface area contributed by atoms with Crippen LogP contribution < -0.4 is 5.73 Å². The number of carboxylic acid groups (broad SMARTS) is 1. The zero-order chi connectivity index (χ0) is 14.4. The van der Waals surface area contributed by atoms with E-state index in [9.17, 15) is 23.2 Å². The minimum atomic E-state index is -4.50. The van der Waals surface area contributed by atoms with Crippen molar-refractivity contribution in [3.05, 3.63) is 0 Å². The minimum Gasteiger partial charge on any atom is -0.475 e. The summed E-state index contributed by atoms with van der Waals surface area (Å²) in [5, 5.41) is 8.58. The minimum absolute atomic E-state index is 0.00212. The molecule has 0 aliphatic carbocycles. The number of carboxylic acids is 1. The molecule has 2 aliphatic heterocycles. The van der Waals surface area contributed by atoms with Crippen molar-refractivity contribution in [1.29, 1.82) is 0 Å². The highest BCUT2D eigenvalue weighted by molar-refractivity contribution is 5.87. The van der Waals surface area contributed by atoms with Crippen molar-refractivity contribution in [2.75, 3.05) is 6.54 Å². The number of primary amides is 1. The number of urea groups is 1. The summed E-state index contributed by atoms with van der Waals surface area (Å²) in [4.78, 5) is 38.2. The highest BCUT2D eigenvalue weighted by Gasteiger charge is 2.53. The Balaban J connectivity index is 2.16. The number of carbonyl (C=O) groups excluding carboxylic acids is 2. The van der Waals surface area contributed by atoms with Gasteiger partial charge in [-0.25, -0.2) is 9.59 Å². The van der Waals surface area contributed by atoms with Gasteiger partial charge < -0.3 is 15.7 Å². The van der Waals surface area contributed by atoms with Gasteiger partial charge in [0.15, 0.2) is 0 Å². The third-order valence-electron chi connectivity index (χ3n) is 3.11. The third kappa shape index (κ3) is 2.18. The average molecular weight is 279 g/mol. The molecule has 2 heterocycles. The van der Waals surface area contributed by atoms with Crippen LogP contribution in [0.4, 0.5) is 13.6 Å². The molecule has 19 heavy (non-hydrogen) atoms. The molecule has 0 aromatic carbocycles. The Morgan fingerprint density at radius 2 is 2.05 bits per heavy atom. The standard InChI is InChI=1S/C9H11F2N3O5/c10-9(11,7(16)17)19-14-4-1-2-5(6(12)15)13(3-4)8(14)18/h4-5H,1-3H2,(H2,12,15)(H,16,17). The maximum atomic E-state index is 13.0. The van der Waals surface area contributed by atoms with Crippen LogP contribution >= 0.6 is 0 Å². The first kappa shape index (κ1) is 13.5. The number of hydroxylamine groups is 2. The van der Waals surface area contributed by atoms with Crippen LogP contribution in [0.5, 0.6) is 0 Å². The van der Waals surface area contributed by atoms with Crippen molar-refractivity contribution in [1.82, 2.24) is 9.96 Å². The molecule has 3 amide bonds. The van der Waals surface area contributed by atoms with E-state index >= 15 is 0 Å². The molecule has 2 atom stereocenters. The number of carbonyl (C=O) groups is 3. The van der Waals surface area contributed by atoms with Crippen LogP contribution in [0.1, 0.15) is 12.8 Å². The highest BCUT2D eigenvalue weighted by atomic mass is 19.3. The van der Waals surface area contributed by atoms with E-state index < -0.39 is 36.1 Å². The molecule has 2 fully saturated rings. The lowest BCUT2D eigenvalue weighted by Crippen LogP contribution is -2.48. The fraction of sp³-hybridized carbons (Fsp3) is 0.667. The van der Waals surface area contributed by atoms with Gasteiger partial charge in [-0.3, -0.25) is 4.79 Å². The van der Waals surface area contributed by atoms with E-state index in [1.807, 2.05) is 0 Å². The van der Waals surface area contributed by atoms with E-state index in [-0.39, 0.29) is 19.4 Å². The van der Waals surface area contributed by atoms with Gasteiger partial charge in [0, 0.05) is 6.54 Å². The largest absolute Gasteiger partial charge is 0.476 e. The highest BCUT2D eigenvalue weighted by Crippen LogP contribution is 2.32. The van der Waals surface area contributed by atoms with Crippen LogP contribution in [0, 0.1) is 0 Å². The van der Waals surface area contributed by atoms with Gasteiger partial charge in [0.05, 0.1) is 6.04 Å². The molecule has 0 spiro atoms. The summed E-state index contributed by atoms with van der Waals surface area (Å²) in [6.45, 7) is 0.00212. The Labute approximate surface area is 105 Å². The molecule has 2 saturated heterocycles. The maximum absolute atomic E-state index is 13.0. The quantitative estimate of drug-likeness (QED) is 0.710. The number of piperidine rings is 1. The molecular formula is C9H11F2N3O5. The van der Waals surface area contributed by atoms with Crippen molar-refractivity contribution >= 4 is 17.9 Å². The molecule has 10 heteroatoms. The number of nitrogens with two attached hydrogens (primary N) is 1. The monoisotopic (exact) mass is 279 g/mol. The molecule has 2 unspecified atom stereocenters. The molecular weight excluding hydrogens is 268 g/mol. The lowest BCUT2D eigenvalue weighted by molar-refractivity contribution is -0.327. The summed E-state index contributed by atoms with van der Waals surface area (Å²) >= 11 is 0. The molecule has 2 rings (SSSR count). The second-order valence-electron chi connectivity index (χ2n) is 4.32. The number of nitrogens with zero attached hydrogens (tertiary/aromatic N) is 2. The summed E-state index contributed by atoms with van der Waals surface area (Å²) in [5.41, 5.74) is 5.10. The number of hydrogen-bond acceptors (Lipinski definition) is 4. The van der Waals surface area contributed by atoms with Gasteiger partial charge >= 0.3 is 18.1 Å². The van der Waals surface area contributed by atoms with Crippen LogP contribution in [0.3, 0.4) is 0 Å². The molecule has 3 N–H and O–H groups in total. The van der Waals surface area contributed by atoms with Gasteiger partial charge in [-0.1, -0.05) is 0 Å². The maximum Gasteiger partial charge on any atom is 0.476 e. The molecule has 0 aromatic heterocycles. The first-order valence-electron chi connectivity index (χ1n) is 5.43. The lowest BCUT2D eigenvalue weighted by Gasteiger charge is -2.27. The molecule has 0 saturated carbocycles. The summed E-state index contributed by atoms with van der Waals surface area (Å²) < 4.78 is 25.9. The van der Waals surface area contributed by atoms with E-state index in [2.05, 4.69) is 4.84 Å². The Morgan fingerprint density at radius 3 is 2.58 bits per heavy atom. The van der Waals surface area contributed by atoms with Gasteiger partial charge in [0.25, 0.3) is 0 Å². The third-order valence-corrected chi connectivity index (χ3v) is 3.11. The number of halogens is 2. The van der Waals surface area contributed by atoms with E-state index in [1.54, 1.807) is 0 Å². The summed E-state index contributed by atoms with van der Waals surface area (Å²) in [7, 11) is 0. The van der Waals surface area contributed by atoms with Crippen molar-refractivity contribution in [2.45, 2.75) is 31.0 Å². The summed E-state index contributed by atoms with van der Waals surface area (Å²) in [6, 6.07) is -2.57. The zero-order valence-corrected chi connectivity index (χ0v) is 9.58. The van der Waals surface area contributed by atoms with Gasteiger partial charge in [0.2, 0.25) is 5.91 Å². The van der Waals surface area contributed by atoms with Crippen molar-refractivity contribution < 1.29 is 33.1 Å². The van der Waals surface area contributed by atoms with E-state index in [4.69, 9.17) is 10.8 Å². The van der Waals surface area contributed by atoms with Crippen LogP contribution in [0.2, 0.25) is 0 Å². The zero-order valence-electron chi connectivity index (χ0n) is 9.58. The normalized spacial score (nSPS) is 26.7. The SMILES string of the molecule is NC(=O)C1CCC2CN1C(=O)N2OC(F)(F)C(=O)O.